The first kappa shape index (κ1) is 30.1. The Kier molecular flexibility index (Phi) is 8.46. The highest BCUT2D eigenvalue weighted by atomic mass is 35.5. The molecule has 0 aromatic heterocycles. The normalized spacial score (nSPS) is 14.5. The second kappa shape index (κ2) is 11.0. The van der Waals surface area contributed by atoms with Gasteiger partial charge in [-0.3, -0.25) is 5.41 Å². The van der Waals surface area contributed by atoms with E-state index in [0.29, 0.717) is 16.2 Å². The first-order chi connectivity index (χ1) is 17.8. The Bertz CT molecular complexity index is 1250. The molecule has 1 heterocycles. The fraction of sp³-hybridized carbons (Fsp3) is 0.483. The Hall–Kier alpha value is -3.46. The molecule has 0 bridgehead atoms. The summed E-state index contributed by atoms with van der Waals surface area (Å²) in [5.41, 5.74) is -0.769. The average molecular weight is 561 g/mol. The molecule has 212 valence electrons. The molecule has 2 aromatic carbocycles. The molecular weight excluding hydrogens is 524 g/mol. The predicted molar refractivity (Wildman–Crippen MR) is 148 cm³/mol. The molecule has 0 radical (unpaired) electrons. The van der Waals surface area contributed by atoms with Crippen LogP contribution in [0, 0.1) is 5.41 Å². The van der Waals surface area contributed by atoms with Crippen LogP contribution in [0.4, 0.5) is 9.59 Å². The van der Waals surface area contributed by atoms with Crippen molar-refractivity contribution in [3.8, 4) is 17.2 Å². The van der Waals surface area contributed by atoms with Crippen molar-refractivity contribution in [2.75, 3.05) is 0 Å². The van der Waals surface area contributed by atoms with Crippen LogP contribution in [0.5, 0.6) is 17.2 Å². The summed E-state index contributed by atoms with van der Waals surface area (Å²) in [6.07, 6.45) is -0.403. The number of hydrogen-bond acceptors (Lipinski definition) is 8. The van der Waals surface area contributed by atoms with Crippen LogP contribution in [0.15, 0.2) is 30.3 Å². The fourth-order valence-corrected chi connectivity index (χ4v) is 3.99. The van der Waals surface area contributed by atoms with Gasteiger partial charge in [-0.1, -0.05) is 17.7 Å². The minimum absolute atomic E-state index is 0.0179. The van der Waals surface area contributed by atoms with Gasteiger partial charge in [0.05, 0.1) is 5.56 Å². The third kappa shape index (κ3) is 8.02. The second-order valence-corrected chi connectivity index (χ2v) is 12.4. The van der Waals surface area contributed by atoms with E-state index < -0.39 is 29.2 Å². The molecule has 39 heavy (non-hydrogen) atoms. The number of ether oxygens (including phenoxy) is 4. The zero-order valence-corrected chi connectivity index (χ0v) is 24.5. The summed E-state index contributed by atoms with van der Waals surface area (Å²) >= 11 is 6.48. The molecule has 0 aliphatic carbocycles. The molecular formula is C29H37ClN2O7. The summed E-state index contributed by atoms with van der Waals surface area (Å²) in [7, 11) is 0. The van der Waals surface area contributed by atoms with Gasteiger partial charge < -0.3 is 24.1 Å². The Morgan fingerprint density at radius 3 is 2.21 bits per heavy atom. The third-order valence-electron chi connectivity index (χ3n) is 5.61. The standard InChI is InChI=1S/C29H37ClN2O7/c1-27(2,3)38-25(34)32(26(35)39-28(4,5)6)24(31)20-15-21(30)18(13-22(20)33)16-36-19-10-9-17-11-12-29(7,8)37-23(17)14-19/h9-10,13-15,31,33H,11-12,16H2,1-8H3. The third-order valence-corrected chi connectivity index (χ3v) is 5.96. The number of aryl methyl sites for hydroxylation is 1. The maximum atomic E-state index is 12.9. The number of phenolic OH excluding ortho intramolecular Hbond substituents is 1. The zero-order valence-electron chi connectivity index (χ0n) is 23.7. The number of hydrogen-bond donors (Lipinski definition) is 2. The summed E-state index contributed by atoms with van der Waals surface area (Å²) in [4.78, 5) is 26.2. The monoisotopic (exact) mass is 560 g/mol. The SMILES string of the molecule is CC(C)(C)OC(=O)N(C(=N)c1cc(Cl)c(COc2ccc3c(c2)OC(C)(C)CC3)cc1O)C(=O)OC(C)(C)C. The summed E-state index contributed by atoms with van der Waals surface area (Å²) in [5.74, 6) is 0.307. The Labute approximate surface area is 234 Å². The Morgan fingerprint density at radius 1 is 1.05 bits per heavy atom. The largest absolute Gasteiger partial charge is 0.507 e. The van der Waals surface area contributed by atoms with Gasteiger partial charge in [0.25, 0.3) is 0 Å². The Morgan fingerprint density at radius 2 is 1.64 bits per heavy atom. The van der Waals surface area contributed by atoms with Crippen molar-refractivity contribution in [3.05, 3.63) is 52.0 Å². The van der Waals surface area contributed by atoms with Crippen molar-refractivity contribution in [2.24, 2.45) is 0 Å². The van der Waals surface area contributed by atoms with E-state index in [1.165, 1.54) is 12.1 Å². The van der Waals surface area contributed by atoms with E-state index in [2.05, 4.69) is 0 Å². The number of carbonyl (C=O) groups is 2. The van der Waals surface area contributed by atoms with Crippen LogP contribution in [0.3, 0.4) is 0 Å². The number of fused-ring (bicyclic) bond motifs is 1. The highest BCUT2D eigenvalue weighted by molar-refractivity contribution is 6.32. The average Bonchev–Trinajstić information content (AvgIpc) is 2.76. The van der Waals surface area contributed by atoms with E-state index in [9.17, 15) is 14.7 Å². The lowest BCUT2D eigenvalue weighted by Crippen LogP contribution is -2.47. The van der Waals surface area contributed by atoms with Gasteiger partial charge in [0.2, 0.25) is 0 Å². The number of aromatic hydroxyl groups is 1. The summed E-state index contributed by atoms with van der Waals surface area (Å²) in [5, 5.41) is 19.5. The number of imide groups is 1. The van der Waals surface area contributed by atoms with Crippen LogP contribution in [0.2, 0.25) is 5.02 Å². The number of benzene rings is 2. The Balaban J connectivity index is 1.83. The second-order valence-electron chi connectivity index (χ2n) is 12.0. The van der Waals surface area contributed by atoms with E-state index in [-0.39, 0.29) is 28.5 Å². The molecule has 0 atom stereocenters. The van der Waals surface area contributed by atoms with Crippen molar-refractivity contribution in [2.45, 2.75) is 91.6 Å². The maximum Gasteiger partial charge on any atom is 0.425 e. The van der Waals surface area contributed by atoms with Gasteiger partial charge >= 0.3 is 12.2 Å². The van der Waals surface area contributed by atoms with Gasteiger partial charge in [0, 0.05) is 16.7 Å². The number of amides is 2. The molecule has 0 spiro atoms. The molecule has 0 saturated heterocycles. The molecule has 0 saturated carbocycles. The molecule has 3 rings (SSSR count). The van der Waals surface area contributed by atoms with Crippen molar-refractivity contribution < 1.29 is 33.6 Å². The van der Waals surface area contributed by atoms with Crippen molar-refractivity contribution in [3.63, 3.8) is 0 Å². The van der Waals surface area contributed by atoms with Gasteiger partial charge in [-0.05, 0) is 92.0 Å². The molecule has 1 aliphatic heterocycles. The number of nitrogens with one attached hydrogen (secondary N) is 1. The topological polar surface area (TPSA) is 118 Å². The zero-order chi connectivity index (χ0) is 29.3. The highest BCUT2D eigenvalue weighted by Crippen LogP contribution is 2.36. The van der Waals surface area contributed by atoms with Crippen LogP contribution in [0.25, 0.3) is 0 Å². The summed E-state index contributed by atoms with van der Waals surface area (Å²) in [6, 6.07) is 8.25. The van der Waals surface area contributed by atoms with E-state index in [0.717, 1.165) is 24.2 Å². The van der Waals surface area contributed by atoms with Gasteiger partial charge in [-0.15, -0.1) is 0 Å². The van der Waals surface area contributed by atoms with Crippen LogP contribution in [-0.2, 0) is 22.5 Å². The molecule has 0 unspecified atom stereocenters. The molecule has 2 aromatic rings. The van der Waals surface area contributed by atoms with Crippen molar-refractivity contribution in [1.29, 1.82) is 5.41 Å². The number of phenols is 1. The van der Waals surface area contributed by atoms with E-state index in [1.807, 2.05) is 32.0 Å². The van der Waals surface area contributed by atoms with Crippen molar-refractivity contribution in [1.82, 2.24) is 4.90 Å². The fourth-order valence-electron chi connectivity index (χ4n) is 3.77. The molecule has 1 aliphatic rings. The minimum atomic E-state index is -1.12. The molecule has 9 nitrogen and oxygen atoms in total. The van der Waals surface area contributed by atoms with Gasteiger partial charge in [0.15, 0.2) is 5.84 Å². The highest BCUT2D eigenvalue weighted by Gasteiger charge is 2.36. The lowest BCUT2D eigenvalue weighted by atomic mass is 9.94. The van der Waals surface area contributed by atoms with Crippen LogP contribution in [-0.4, -0.2) is 44.8 Å². The quantitative estimate of drug-likeness (QED) is 0.299. The predicted octanol–water partition coefficient (Wildman–Crippen LogP) is 7.23. The van der Waals surface area contributed by atoms with E-state index in [1.54, 1.807) is 41.5 Å². The summed E-state index contributed by atoms with van der Waals surface area (Å²) in [6.45, 7) is 13.8. The number of carbonyl (C=O) groups excluding carboxylic acids is 2. The molecule has 0 fully saturated rings. The van der Waals surface area contributed by atoms with E-state index >= 15 is 0 Å². The lowest BCUT2D eigenvalue weighted by Gasteiger charge is -2.32. The first-order valence-corrected chi connectivity index (χ1v) is 13.0. The van der Waals surface area contributed by atoms with Crippen LogP contribution >= 0.6 is 11.6 Å². The number of rotatable bonds is 4. The number of halogens is 1. The van der Waals surface area contributed by atoms with Gasteiger partial charge in [-0.2, -0.15) is 4.90 Å². The minimum Gasteiger partial charge on any atom is -0.507 e. The first-order valence-electron chi connectivity index (χ1n) is 12.7. The number of nitrogens with zero attached hydrogens (tertiary/aromatic N) is 1. The van der Waals surface area contributed by atoms with Gasteiger partial charge in [-0.25, -0.2) is 9.59 Å². The van der Waals surface area contributed by atoms with E-state index in [4.69, 9.17) is 36.0 Å². The summed E-state index contributed by atoms with van der Waals surface area (Å²) < 4.78 is 22.6. The molecule has 10 heteroatoms. The smallest absolute Gasteiger partial charge is 0.425 e. The molecule has 2 amide bonds. The van der Waals surface area contributed by atoms with Crippen LogP contribution < -0.4 is 9.47 Å². The maximum absolute atomic E-state index is 12.9. The molecule has 2 N–H and O–H groups in total. The number of amidine groups is 1. The van der Waals surface area contributed by atoms with Crippen LogP contribution in [0.1, 0.15) is 78.5 Å². The lowest BCUT2D eigenvalue weighted by molar-refractivity contribution is 0.0147. The van der Waals surface area contributed by atoms with Crippen molar-refractivity contribution >= 4 is 29.6 Å². The van der Waals surface area contributed by atoms with Gasteiger partial charge in [0.1, 0.15) is 40.7 Å².